The predicted molar refractivity (Wildman–Crippen MR) is 80.7 cm³/mol. The average molecular weight is 310 g/mol. The van der Waals surface area contributed by atoms with Crippen LogP contribution in [0, 0.1) is 5.92 Å². The first kappa shape index (κ1) is 14.8. The van der Waals surface area contributed by atoms with E-state index < -0.39 is 10.0 Å². The van der Waals surface area contributed by atoms with E-state index in [1.807, 2.05) is 6.92 Å². The van der Waals surface area contributed by atoms with Gasteiger partial charge in [0.1, 0.15) is 11.9 Å². The van der Waals surface area contributed by atoms with Crippen LogP contribution in [0.15, 0.2) is 23.1 Å². The number of hydrogen-bond donors (Lipinski definition) is 2. The molecule has 0 radical (unpaired) electrons. The minimum atomic E-state index is -3.49. The normalized spacial score (nSPS) is 28.4. The quantitative estimate of drug-likeness (QED) is 0.881. The van der Waals surface area contributed by atoms with Crippen molar-refractivity contribution in [2.75, 3.05) is 6.54 Å². The van der Waals surface area contributed by atoms with Crippen molar-refractivity contribution >= 4 is 10.0 Å². The number of benzene rings is 1. The van der Waals surface area contributed by atoms with Crippen molar-refractivity contribution in [1.29, 1.82) is 0 Å². The molecule has 3 rings (SSSR count). The molecule has 1 heterocycles. The van der Waals surface area contributed by atoms with Gasteiger partial charge in [0.15, 0.2) is 0 Å². The Morgan fingerprint density at radius 2 is 2.19 bits per heavy atom. The van der Waals surface area contributed by atoms with Gasteiger partial charge in [-0.15, -0.1) is 0 Å². The largest absolute Gasteiger partial charge is 0.490 e. The third-order valence-electron chi connectivity index (χ3n) is 4.45. The van der Waals surface area contributed by atoms with Crippen LogP contribution in [-0.2, 0) is 16.4 Å². The fourth-order valence-corrected chi connectivity index (χ4v) is 4.70. The van der Waals surface area contributed by atoms with Crippen LogP contribution in [0.25, 0.3) is 0 Å². The third kappa shape index (κ3) is 2.93. The molecule has 0 saturated heterocycles. The molecule has 0 aromatic heterocycles. The monoisotopic (exact) mass is 310 g/mol. The molecule has 1 aromatic rings. The predicted octanol–water partition coefficient (Wildman–Crippen LogP) is 1.42. The summed E-state index contributed by atoms with van der Waals surface area (Å²) >= 11 is 0. The molecule has 1 saturated carbocycles. The summed E-state index contributed by atoms with van der Waals surface area (Å²) in [6, 6.07) is 5.06. The van der Waals surface area contributed by atoms with Gasteiger partial charge in [0.25, 0.3) is 0 Å². The molecule has 1 fully saturated rings. The Balaban J connectivity index is 1.81. The molecular weight excluding hydrogens is 288 g/mol. The first-order chi connectivity index (χ1) is 9.99. The van der Waals surface area contributed by atoms with Crippen molar-refractivity contribution in [3.63, 3.8) is 0 Å². The number of rotatable bonds is 4. The van der Waals surface area contributed by atoms with E-state index in [0.29, 0.717) is 11.4 Å². The van der Waals surface area contributed by atoms with Crippen molar-refractivity contribution in [3.05, 3.63) is 23.8 Å². The van der Waals surface area contributed by atoms with Crippen LogP contribution >= 0.6 is 0 Å². The second kappa shape index (κ2) is 5.59. The standard InChI is InChI=1S/C15H22N2O3S/c1-10-7-12-8-13(5-6-15(12)20-10)21(18,19)17-14-4-2-3-11(14)9-16/h5-6,8,10-11,14,17H,2-4,7,9,16H2,1H3/t10-,11+,14+/m1/s1. The Morgan fingerprint density at radius 3 is 2.95 bits per heavy atom. The molecule has 0 spiro atoms. The molecule has 2 aliphatic rings. The molecule has 3 atom stereocenters. The van der Waals surface area contributed by atoms with Crippen molar-refractivity contribution < 1.29 is 13.2 Å². The number of ether oxygens (including phenoxy) is 1. The molecular formula is C15H22N2O3S. The van der Waals surface area contributed by atoms with E-state index in [0.717, 1.165) is 37.0 Å². The highest BCUT2D eigenvalue weighted by atomic mass is 32.2. The summed E-state index contributed by atoms with van der Waals surface area (Å²) < 4.78 is 33.5. The van der Waals surface area contributed by atoms with Gasteiger partial charge in [-0.1, -0.05) is 6.42 Å². The Hall–Kier alpha value is -1.11. The van der Waals surface area contributed by atoms with Crippen LogP contribution in [0.5, 0.6) is 5.75 Å². The average Bonchev–Trinajstić information content (AvgIpc) is 3.01. The van der Waals surface area contributed by atoms with Gasteiger partial charge in [-0.25, -0.2) is 13.1 Å². The first-order valence-corrected chi connectivity index (χ1v) is 9.00. The van der Waals surface area contributed by atoms with Gasteiger partial charge >= 0.3 is 0 Å². The van der Waals surface area contributed by atoms with Crippen molar-refractivity contribution in [3.8, 4) is 5.75 Å². The number of fused-ring (bicyclic) bond motifs is 1. The van der Waals surface area contributed by atoms with Crippen LogP contribution in [0.1, 0.15) is 31.7 Å². The molecule has 0 amide bonds. The lowest BCUT2D eigenvalue weighted by Gasteiger charge is -2.19. The third-order valence-corrected chi connectivity index (χ3v) is 5.93. The van der Waals surface area contributed by atoms with Gasteiger partial charge in [0.2, 0.25) is 10.0 Å². The van der Waals surface area contributed by atoms with Gasteiger partial charge in [-0.3, -0.25) is 0 Å². The van der Waals surface area contributed by atoms with Crippen molar-refractivity contribution in [2.45, 2.75) is 49.6 Å². The van der Waals surface area contributed by atoms with E-state index in [2.05, 4.69) is 4.72 Å². The zero-order valence-electron chi connectivity index (χ0n) is 12.2. The van der Waals surface area contributed by atoms with Gasteiger partial charge in [-0.05, 0) is 56.0 Å². The summed E-state index contributed by atoms with van der Waals surface area (Å²) in [7, 11) is -3.49. The number of hydrogen-bond acceptors (Lipinski definition) is 4. The molecule has 1 aliphatic carbocycles. The molecule has 1 aromatic carbocycles. The highest BCUT2D eigenvalue weighted by Crippen LogP contribution is 2.31. The van der Waals surface area contributed by atoms with Gasteiger partial charge in [0, 0.05) is 12.5 Å². The molecule has 21 heavy (non-hydrogen) atoms. The zero-order valence-corrected chi connectivity index (χ0v) is 13.0. The van der Waals surface area contributed by atoms with Crippen LogP contribution < -0.4 is 15.2 Å². The maximum atomic E-state index is 12.5. The van der Waals surface area contributed by atoms with E-state index in [4.69, 9.17) is 10.5 Å². The van der Waals surface area contributed by atoms with Crippen LogP contribution in [0.3, 0.4) is 0 Å². The fourth-order valence-electron chi connectivity index (χ4n) is 3.31. The molecule has 0 bridgehead atoms. The van der Waals surface area contributed by atoms with Gasteiger partial charge in [-0.2, -0.15) is 0 Å². The molecule has 3 N–H and O–H groups in total. The topological polar surface area (TPSA) is 81.4 Å². The SMILES string of the molecule is C[C@@H]1Cc2cc(S(=O)(=O)N[C@H]3CCC[C@H]3CN)ccc2O1. The summed E-state index contributed by atoms with van der Waals surface area (Å²) in [6.45, 7) is 2.51. The summed E-state index contributed by atoms with van der Waals surface area (Å²) in [5.41, 5.74) is 6.68. The summed E-state index contributed by atoms with van der Waals surface area (Å²) in [4.78, 5) is 0.321. The maximum absolute atomic E-state index is 12.5. The first-order valence-electron chi connectivity index (χ1n) is 7.51. The van der Waals surface area contributed by atoms with Crippen molar-refractivity contribution in [2.24, 2.45) is 11.7 Å². The molecule has 116 valence electrons. The molecule has 5 nitrogen and oxygen atoms in total. The lowest BCUT2D eigenvalue weighted by molar-refractivity contribution is 0.254. The highest BCUT2D eigenvalue weighted by Gasteiger charge is 2.31. The maximum Gasteiger partial charge on any atom is 0.240 e. The second-order valence-electron chi connectivity index (χ2n) is 6.06. The number of nitrogens with two attached hydrogens (primary N) is 1. The van der Waals surface area contributed by atoms with Crippen LogP contribution in [-0.4, -0.2) is 27.1 Å². The van der Waals surface area contributed by atoms with Gasteiger partial charge < -0.3 is 10.5 Å². The number of nitrogens with one attached hydrogen (secondary N) is 1. The van der Waals surface area contributed by atoms with E-state index >= 15 is 0 Å². The van der Waals surface area contributed by atoms with Crippen molar-refractivity contribution in [1.82, 2.24) is 4.72 Å². The van der Waals surface area contributed by atoms with Crippen LogP contribution in [0.2, 0.25) is 0 Å². The Labute approximate surface area is 125 Å². The van der Waals surface area contributed by atoms with E-state index in [-0.39, 0.29) is 18.1 Å². The Kier molecular flexibility index (Phi) is 3.94. The van der Waals surface area contributed by atoms with Gasteiger partial charge in [0.05, 0.1) is 4.90 Å². The minimum Gasteiger partial charge on any atom is -0.490 e. The lowest BCUT2D eigenvalue weighted by atomic mass is 10.1. The molecule has 1 aliphatic heterocycles. The van der Waals surface area contributed by atoms with E-state index in [9.17, 15) is 8.42 Å². The second-order valence-corrected chi connectivity index (χ2v) is 7.77. The highest BCUT2D eigenvalue weighted by molar-refractivity contribution is 7.89. The molecule has 6 heteroatoms. The Morgan fingerprint density at radius 1 is 1.38 bits per heavy atom. The fraction of sp³-hybridized carbons (Fsp3) is 0.600. The zero-order chi connectivity index (χ0) is 15.0. The molecule has 0 unspecified atom stereocenters. The van der Waals surface area contributed by atoms with Crippen LogP contribution in [0.4, 0.5) is 0 Å². The summed E-state index contributed by atoms with van der Waals surface area (Å²) in [5, 5.41) is 0. The minimum absolute atomic E-state index is 0.0385. The number of sulfonamides is 1. The van der Waals surface area contributed by atoms with E-state index in [1.54, 1.807) is 18.2 Å². The summed E-state index contributed by atoms with van der Waals surface area (Å²) in [5.74, 6) is 1.04. The summed E-state index contributed by atoms with van der Waals surface area (Å²) in [6.07, 6.45) is 3.77. The smallest absolute Gasteiger partial charge is 0.240 e. The Bertz CT molecular complexity index is 630. The van der Waals surface area contributed by atoms with E-state index in [1.165, 1.54) is 0 Å². The lowest BCUT2D eigenvalue weighted by Crippen LogP contribution is -2.39.